The molecule has 8 heteroatoms. The van der Waals surface area contributed by atoms with Gasteiger partial charge in [0, 0.05) is 25.2 Å². The third-order valence-electron chi connectivity index (χ3n) is 5.71. The zero-order valence-corrected chi connectivity index (χ0v) is 20.0. The number of nitrogens with one attached hydrogen (secondary N) is 2. The molecule has 1 aromatic heterocycles. The van der Waals surface area contributed by atoms with Crippen LogP contribution in [0.15, 0.2) is 52.1 Å². The van der Waals surface area contributed by atoms with E-state index in [-0.39, 0.29) is 30.5 Å². The topological polar surface area (TPSA) is 102 Å². The van der Waals surface area contributed by atoms with Gasteiger partial charge in [0.05, 0.1) is 10.9 Å². The Hall–Kier alpha value is -3.68. The van der Waals surface area contributed by atoms with Crippen LogP contribution in [0.2, 0.25) is 0 Å². The van der Waals surface area contributed by atoms with Crippen LogP contribution in [0, 0.1) is 13.8 Å². The summed E-state index contributed by atoms with van der Waals surface area (Å²) in [5, 5.41) is 6.07. The number of nitrogens with zero attached hydrogens (tertiary/aromatic N) is 2. The summed E-state index contributed by atoms with van der Waals surface area (Å²) in [6.07, 6.45) is 2.27. The summed E-state index contributed by atoms with van der Waals surface area (Å²) >= 11 is 0. The van der Waals surface area contributed by atoms with Gasteiger partial charge < -0.3 is 10.6 Å². The number of carbonyl (C=O) groups excluding carboxylic acids is 2. The summed E-state index contributed by atoms with van der Waals surface area (Å²) in [5.41, 5.74) is 2.13. The molecular formula is C26H32N4O4. The Balaban J connectivity index is 1.83. The van der Waals surface area contributed by atoms with Crippen LogP contribution in [0.4, 0.5) is 5.69 Å². The van der Waals surface area contributed by atoms with Crippen molar-refractivity contribution in [2.45, 2.75) is 59.5 Å². The number of benzene rings is 2. The molecule has 0 atom stereocenters. The molecule has 180 valence electrons. The van der Waals surface area contributed by atoms with Crippen molar-refractivity contribution in [2.75, 3.05) is 11.9 Å². The van der Waals surface area contributed by atoms with Gasteiger partial charge in [0.1, 0.15) is 6.54 Å². The summed E-state index contributed by atoms with van der Waals surface area (Å²) in [6, 6.07) is 12.6. The standard InChI is InChI=1S/C26H32N4O4/c1-4-14-27-23(31)11-7-8-15-29-25(33)20-9-5-6-10-22(20)30(26(29)34)17-24(32)28-21-16-18(2)12-13-19(21)3/h5-6,9-10,12-13,16H,4,7-8,11,14-15,17H2,1-3H3,(H,27,31)(H,28,32). The minimum absolute atomic E-state index is 0.0340. The number of hydrogen-bond acceptors (Lipinski definition) is 4. The molecule has 2 N–H and O–H groups in total. The second-order valence-corrected chi connectivity index (χ2v) is 8.52. The quantitative estimate of drug-likeness (QED) is 0.450. The van der Waals surface area contributed by atoms with Crippen LogP contribution >= 0.6 is 0 Å². The average Bonchev–Trinajstić information content (AvgIpc) is 2.82. The highest BCUT2D eigenvalue weighted by Gasteiger charge is 2.16. The number of hydrogen-bond donors (Lipinski definition) is 2. The molecule has 2 aromatic carbocycles. The van der Waals surface area contributed by atoms with E-state index in [0.717, 1.165) is 22.1 Å². The van der Waals surface area contributed by atoms with Crippen molar-refractivity contribution in [3.63, 3.8) is 0 Å². The molecule has 0 spiro atoms. The molecule has 0 unspecified atom stereocenters. The Kier molecular flexibility index (Phi) is 8.40. The molecule has 0 saturated carbocycles. The molecule has 34 heavy (non-hydrogen) atoms. The Labute approximate surface area is 198 Å². The fraction of sp³-hybridized carbons (Fsp3) is 0.385. The largest absolute Gasteiger partial charge is 0.356 e. The van der Waals surface area contributed by atoms with Gasteiger partial charge in [0.15, 0.2) is 0 Å². The fourth-order valence-corrected chi connectivity index (χ4v) is 3.83. The van der Waals surface area contributed by atoms with Crippen LogP contribution in [0.25, 0.3) is 10.9 Å². The number of aryl methyl sites for hydroxylation is 2. The fourth-order valence-electron chi connectivity index (χ4n) is 3.83. The van der Waals surface area contributed by atoms with Crippen molar-refractivity contribution < 1.29 is 9.59 Å². The molecule has 0 fully saturated rings. The van der Waals surface area contributed by atoms with Crippen LogP contribution in [-0.2, 0) is 22.7 Å². The minimum Gasteiger partial charge on any atom is -0.356 e. The lowest BCUT2D eigenvalue weighted by molar-refractivity contribution is -0.121. The molecule has 0 bridgehead atoms. The third kappa shape index (κ3) is 6.01. The van der Waals surface area contributed by atoms with Crippen molar-refractivity contribution in [2.24, 2.45) is 0 Å². The van der Waals surface area contributed by atoms with Gasteiger partial charge in [-0.1, -0.05) is 31.2 Å². The first-order chi connectivity index (χ1) is 16.3. The average molecular weight is 465 g/mol. The molecular weight excluding hydrogens is 432 g/mol. The highest BCUT2D eigenvalue weighted by atomic mass is 16.2. The molecule has 1 heterocycles. The van der Waals surface area contributed by atoms with Gasteiger partial charge in [0.25, 0.3) is 5.56 Å². The van der Waals surface area contributed by atoms with E-state index in [0.29, 0.717) is 42.4 Å². The first-order valence-electron chi connectivity index (χ1n) is 11.7. The lowest BCUT2D eigenvalue weighted by Gasteiger charge is -2.15. The lowest BCUT2D eigenvalue weighted by atomic mass is 10.1. The second kappa shape index (κ2) is 11.4. The van der Waals surface area contributed by atoms with Crippen LogP contribution in [0.5, 0.6) is 0 Å². The zero-order valence-electron chi connectivity index (χ0n) is 20.0. The number of rotatable bonds is 10. The van der Waals surface area contributed by atoms with E-state index >= 15 is 0 Å². The summed E-state index contributed by atoms with van der Waals surface area (Å²) in [4.78, 5) is 50.9. The highest BCUT2D eigenvalue weighted by molar-refractivity contribution is 5.92. The second-order valence-electron chi connectivity index (χ2n) is 8.52. The summed E-state index contributed by atoms with van der Waals surface area (Å²) in [5.74, 6) is -0.382. The van der Waals surface area contributed by atoms with Gasteiger partial charge in [-0.3, -0.25) is 23.5 Å². The maximum atomic E-state index is 13.2. The van der Waals surface area contributed by atoms with E-state index in [1.54, 1.807) is 24.3 Å². The third-order valence-corrected chi connectivity index (χ3v) is 5.71. The first-order valence-corrected chi connectivity index (χ1v) is 11.7. The summed E-state index contributed by atoms with van der Waals surface area (Å²) in [6.45, 7) is 6.43. The van der Waals surface area contributed by atoms with E-state index in [9.17, 15) is 19.2 Å². The normalized spacial score (nSPS) is 10.9. The van der Waals surface area contributed by atoms with Crippen molar-refractivity contribution in [1.29, 1.82) is 0 Å². The molecule has 0 saturated heterocycles. The van der Waals surface area contributed by atoms with Crippen LogP contribution in [-0.4, -0.2) is 27.5 Å². The molecule has 0 radical (unpaired) electrons. The van der Waals surface area contributed by atoms with E-state index < -0.39 is 5.69 Å². The predicted molar refractivity (Wildman–Crippen MR) is 134 cm³/mol. The van der Waals surface area contributed by atoms with Gasteiger partial charge in [-0.25, -0.2) is 4.79 Å². The number of carbonyl (C=O) groups is 2. The van der Waals surface area contributed by atoms with Crippen LogP contribution in [0.3, 0.4) is 0 Å². The van der Waals surface area contributed by atoms with Crippen molar-refractivity contribution in [1.82, 2.24) is 14.5 Å². The molecule has 8 nitrogen and oxygen atoms in total. The van der Waals surface area contributed by atoms with E-state index in [1.807, 2.05) is 39.0 Å². The minimum atomic E-state index is -0.532. The van der Waals surface area contributed by atoms with Crippen molar-refractivity contribution in [3.05, 3.63) is 74.4 Å². The molecule has 3 rings (SSSR count). The van der Waals surface area contributed by atoms with Gasteiger partial charge in [-0.2, -0.15) is 0 Å². The highest BCUT2D eigenvalue weighted by Crippen LogP contribution is 2.16. The molecule has 0 aliphatic heterocycles. The number of unbranched alkanes of at least 4 members (excludes halogenated alkanes) is 1. The van der Waals surface area contributed by atoms with Gasteiger partial charge in [-0.05, 0) is 62.4 Å². The monoisotopic (exact) mass is 464 g/mol. The summed E-state index contributed by atoms with van der Waals surface area (Å²) < 4.78 is 2.50. The molecule has 2 amide bonds. The Bertz CT molecular complexity index is 1310. The van der Waals surface area contributed by atoms with E-state index in [1.165, 1.54) is 4.57 Å². The van der Waals surface area contributed by atoms with Gasteiger partial charge in [-0.15, -0.1) is 0 Å². The molecule has 0 aliphatic carbocycles. The maximum absolute atomic E-state index is 13.2. The van der Waals surface area contributed by atoms with E-state index in [2.05, 4.69) is 10.6 Å². The Morgan fingerprint density at radius 2 is 1.71 bits per heavy atom. The predicted octanol–water partition coefficient (Wildman–Crippen LogP) is 3.12. The molecule has 3 aromatic rings. The van der Waals surface area contributed by atoms with Crippen LogP contribution in [0.1, 0.15) is 43.7 Å². The maximum Gasteiger partial charge on any atom is 0.331 e. The number of aromatic nitrogens is 2. The van der Waals surface area contributed by atoms with Crippen molar-refractivity contribution in [3.8, 4) is 0 Å². The van der Waals surface area contributed by atoms with Crippen LogP contribution < -0.4 is 21.9 Å². The van der Waals surface area contributed by atoms with Gasteiger partial charge in [0.2, 0.25) is 11.8 Å². The van der Waals surface area contributed by atoms with Gasteiger partial charge >= 0.3 is 5.69 Å². The van der Waals surface area contributed by atoms with Crippen molar-refractivity contribution >= 4 is 28.4 Å². The Morgan fingerprint density at radius 3 is 2.47 bits per heavy atom. The number of amides is 2. The Morgan fingerprint density at radius 1 is 0.941 bits per heavy atom. The smallest absolute Gasteiger partial charge is 0.331 e. The first kappa shape index (κ1) is 25.0. The zero-order chi connectivity index (χ0) is 24.7. The number of fused-ring (bicyclic) bond motifs is 1. The number of para-hydroxylation sites is 1. The lowest BCUT2D eigenvalue weighted by Crippen LogP contribution is -2.41. The molecule has 0 aliphatic rings. The SMILES string of the molecule is CCCNC(=O)CCCCn1c(=O)c2ccccc2n(CC(=O)Nc2cc(C)ccc2C)c1=O. The summed E-state index contributed by atoms with van der Waals surface area (Å²) in [7, 11) is 0. The van der Waals surface area contributed by atoms with E-state index in [4.69, 9.17) is 0 Å². The number of anilines is 1.